The summed E-state index contributed by atoms with van der Waals surface area (Å²) in [7, 11) is 0. The molecule has 0 heterocycles. The molecule has 0 aromatic heterocycles. The maximum atomic E-state index is 6.11. The van der Waals surface area contributed by atoms with E-state index in [1.54, 1.807) is 0 Å². The second kappa shape index (κ2) is 5.13. The van der Waals surface area contributed by atoms with E-state index in [2.05, 4.69) is 0 Å². The Morgan fingerprint density at radius 3 is 2.80 bits per heavy atom. The highest BCUT2D eigenvalue weighted by atomic mass is 35.5. The van der Waals surface area contributed by atoms with Crippen molar-refractivity contribution >= 4 is 29.1 Å². The molecule has 0 atom stereocenters. The van der Waals surface area contributed by atoms with E-state index in [0.29, 0.717) is 0 Å². The Labute approximate surface area is 100 Å². The predicted octanol–water partition coefficient (Wildman–Crippen LogP) is 4.10. The highest BCUT2D eigenvalue weighted by Gasteiger charge is 2.15. The molecule has 1 aromatic rings. The van der Waals surface area contributed by atoms with E-state index < -0.39 is 0 Å². The molecule has 1 saturated carbocycles. The molecule has 1 aliphatic rings. The van der Waals surface area contributed by atoms with Crippen molar-refractivity contribution < 1.29 is 0 Å². The van der Waals surface area contributed by atoms with E-state index >= 15 is 0 Å². The fraction of sp³-hybridized carbons (Fsp3) is 0.500. The number of anilines is 1. The first kappa shape index (κ1) is 11.2. The van der Waals surface area contributed by atoms with Crippen LogP contribution < -0.4 is 5.73 Å². The van der Waals surface area contributed by atoms with Crippen molar-refractivity contribution in [3.8, 4) is 0 Å². The lowest BCUT2D eigenvalue weighted by Gasteiger charge is -2.10. The molecule has 0 amide bonds. The zero-order chi connectivity index (χ0) is 10.7. The minimum absolute atomic E-state index is 0.807. The normalized spacial score (nSPS) is 17.1. The van der Waals surface area contributed by atoms with E-state index in [0.717, 1.165) is 21.7 Å². The van der Waals surface area contributed by atoms with Crippen LogP contribution in [-0.2, 0) is 5.75 Å². The molecule has 15 heavy (non-hydrogen) atoms. The van der Waals surface area contributed by atoms with E-state index in [1.165, 1.54) is 31.2 Å². The molecule has 1 fully saturated rings. The van der Waals surface area contributed by atoms with Gasteiger partial charge < -0.3 is 5.73 Å². The first-order valence-electron chi connectivity index (χ1n) is 5.41. The van der Waals surface area contributed by atoms with Crippen molar-refractivity contribution in [1.29, 1.82) is 0 Å². The second-order valence-electron chi connectivity index (χ2n) is 4.07. The molecule has 0 spiro atoms. The van der Waals surface area contributed by atoms with Gasteiger partial charge in [-0.15, -0.1) is 0 Å². The zero-order valence-electron chi connectivity index (χ0n) is 8.71. The summed E-state index contributed by atoms with van der Waals surface area (Å²) in [4.78, 5) is 0. The maximum absolute atomic E-state index is 6.11. The Morgan fingerprint density at radius 2 is 2.07 bits per heavy atom. The largest absolute Gasteiger partial charge is 0.399 e. The molecular formula is C12H16ClNS. The van der Waals surface area contributed by atoms with Crippen LogP contribution in [0.4, 0.5) is 5.69 Å². The summed E-state index contributed by atoms with van der Waals surface area (Å²) in [5.74, 6) is 0.995. The van der Waals surface area contributed by atoms with Gasteiger partial charge in [-0.05, 0) is 36.6 Å². The van der Waals surface area contributed by atoms with Crippen LogP contribution >= 0.6 is 23.4 Å². The molecule has 82 valence electrons. The van der Waals surface area contributed by atoms with Gasteiger partial charge in [0, 0.05) is 21.7 Å². The van der Waals surface area contributed by atoms with E-state index in [9.17, 15) is 0 Å². The summed E-state index contributed by atoms with van der Waals surface area (Å²) in [6.45, 7) is 0. The third-order valence-corrected chi connectivity index (χ3v) is 4.64. The monoisotopic (exact) mass is 241 g/mol. The summed E-state index contributed by atoms with van der Waals surface area (Å²) in [6, 6.07) is 5.73. The second-order valence-corrected chi connectivity index (χ2v) is 5.76. The molecular weight excluding hydrogens is 226 g/mol. The van der Waals surface area contributed by atoms with Crippen LogP contribution in [0.3, 0.4) is 0 Å². The third kappa shape index (κ3) is 3.05. The summed E-state index contributed by atoms with van der Waals surface area (Å²) < 4.78 is 0. The molecule has 0 radical (unpaired) electrons. The number of thioether (sulfide) groups is 1. The van der Waals surface area contributed by atoms with Crippen molar-refractivity contribution in [1.82, 2.24) is 0 Å². The van der Waals surface area contributed by atoms with Crippen molar-refractivity contribution in [2.24, 2.45) is 0 Å². The van der Waals surface area contributed by atoms with Crippen molar-refractivity contribution in [2.45, 2.75) is 36.7 Å². The average Bonchev–Trinajstić information content (AvgIpc) is 2.72. The quantitative estimate of drug-likeness (QED) is 0.807. The Bertz CT molecular complexity index is 334. The van der Waals surface area contributed by atoms with Gasteiger partial charge in [0.1, 0.15) is 0 Å². The topological polar surface area (TPSA) is 26.0 Å². The lowest BCUT2D eigenvalue weighted by atomic mass is 10.2. The molecule has 3 heteroatoms. The van der Waals surface area contributed by atoms with Gasteiger partial charge in [0.05, 0.1) is 0 Å². The van der Waals surface area contributed by atoms with Gasteiger partial charge in [-0.3, -0.25) is 0 Å². The lowest BCUT2D eigenvalue weighted by molar-refractivity contribution is 0.886. The van der Waals surface area contributed by atoms with Crippen molar-refractivity contribution in [3.05, 3.63) is 28.8 Å². The first-order chi connectivity index (χ1) is 7.25. The molecule has 2 rings (SSSR count). The van der Waals surface area contributed by atoms with Gasteiger partial charge >= 0.3 is 0 Å². The molecule has 1 aliphatic carbocycles. The van der Waals surface area contributed by atoms with Gasteiger partial charge in [0.2, 0.25) is 0 Å². The van der Waals surface area contributed by atoms with Crippen molar-refractivity contribution in [2.75, 3.05) is 5.73 Å². The fourth-order valence-electron chi connectivity index (χ4n) is 1.97. The minimum atomic E-state index is 0.807. The summed E-state index contributed by atoms with van der Waals surface area (Å²) in [6.07, 6.45) is 5.51. The summed E-state index contributed by atoms with van der Waals surface area (Å²) in [5.41, 5.74) is 7.72. The number of rotatable bonds is 3. The Kier molecular flexibility index (Phi) is 3.81. The number of nitrogens with two attached hydrogens (primary N) is 1. The van der Waals surface area contributed by atoms with Crippen LogP contribution in [0, 0.1) is 0 Å². The minimum Gasteiger partial charge on any atom is -0.399 e. The molecule has 1 aromatic carbocycles. The number of hydrogen-bond donors (Lipinski definition) is 1. The SMILES string of the molecule is Nc1ccc(Cl)c(CSC2CCCC2)c1. The van der Waals surface area contributed by atoms with Crippen LogP contribution in [-0.4, -0.2) is 5.25 Å². The van der Waals surface area contributed by atoms with Crippen LogP contribution in [0.1, 0.15) is 31.2 Å². The fourth-order valence-corrected chi connectivity index (χ4v) is 3.55. The first-order valence-corrected chi connectivity index (χ1v) is 6.84. The summed E-state index contributed by atoms with van der Waals surface area (Å²) in [5, 5.41) is 1.68. The Hall–Kier alpha value is -0.340. The van der Waals surface area contributed by atoms with E-state index in [-0.39, 0.29) is 0 Å². The molecule has 0 aliphatic heterocycles. The van der Waals surface area contributed by atoms with Crippen LogP contribution in [0.2, 0.25) is 5.02 Å². The number of halogens is 1. The highest BCUT2D eigenvalue weighted by Crippen LogP contribution is 2.33. The van der Waals surface area contributed by atoms with E-state index in [4.69, 9.17) is 17.3 Å². The van der Waals surface area contributed by atoms with Gasteiger partial charge in [0.25, 0.3) is 0 Å². The zero-order valence-corrected chi connectivity index (χ0v) is 10.3. The van der Waals surface area contributed by atoms with Gasteiger partial charge in [-0.1, -0.05) is 24.4 Å². The van der Waals surface area contributed by atoms with Crippen molar-refractivity contribution in [3.63, 3.8) is 0 Å². The van der Waals surface area contributed by atoms with Gasteiger partial charge in [-0.2, -0.15) is 11.8 Å². The lowest BCUT2D eigenvalue weighted by Crippen LogP contribution is -1.96. The van der Waals surface area contributed by atoms with Crippen LogP contribution in [0.25, 0.3) is 0 Å². The number of benzene rings is 1. The molecule has 0 unspecified atom stereocenters. The van der Waals surface area contributed by atoms with Crippen LogP contribution in [0.5, 0.6) is 0 Å². The highest BCUT2D eigenvalue weighted by molar-refractivity contribution is 7.99. The number of hydrogen-bond acceptors (Lipinski definition) is 2. The molecule has 0 bridgehead atoms. The molecule has 0 saturated heterocycles. The number of nitrogen functional groups attached to an aromatic ring is 1. The molecule has 1 nitrogen and oxygen atoms in total. The van der Waals surface area contributed by atoms with E-state index in [1.807, 2.05) is 30.0 Å². The smallest absolute Gasteiger partial charge is 0.0447 e. The Morgan fingerprint density at radius 1 is 1.33 bits per heavy atom. The third-order valence-electron chi connectivity index (χ3n) is 2.85. The predicted molar refractivity (Wildman–Crippen MR) is 69.4 cm³/mol. The maximum Gasteiger partial charge on any atom is 0.0447 e. The van der Waals surface area contributed by atoms with Crippen LogP contribution in [0.15, 0.2) is 18.2 Å². The summed E-state index contributed by atoms with van der Waals surface area (Å²) >= 11 is 8.13. The molecule has 2 N–H and O–H groups in total. The van der Waals surface area contributed by atoms with Gasteiger partial charge in [-0.25, -0.2) is 0 Å². The standard InChI is InChI=1S/C12H16ClNS/c13-12-6-5-10(14)7-9(12)8-15-11-3-1-2-4-11/h5-7,11H,1-4,8,14H2. The average molecular weight is 242 g/mol. The Balaban J connectivity index is 1.94. The van der Waals surface area contributed by atoms with Gasteiger partial charge in [0.15, 0.2) is 0 Å².